The first-order chi connectivity index (χ1) is 11.7. The fourth-order valence-corrected chi connectivity index (χ4v) is 2.39. The highest BCUT2D eigenvalue weighted by Crippen LogP contribution is 2.22. The van der Waals surface area contributed by atoms with E-state index in [4.69, 9.17) is 4.74 Å². The maximum atomic E-state index is 12.3. The Morgan fingerprint density at radius 3 is 2.71 bits per heavy atom. The predicted molar refractivity (Wildman–Crippen MR) is 90.6 cm³/mol. The van der Waals surface area contributed by atoms with E-state index in [1.807, 2.05) is 43.4 Å². The summed E-state index contributed by atoms with van der Waals surface area (Å²) in [6, 6.07) is 13.2. The molecule has 122 valence electrons. The van der Waals surface area contributed by atoms with Crippen molar-refractivity contribution in [1.82, 2.24) is 20.1 Å². The minimum Gasteiger partial charge on any atom is -0.497 e. The molecule has 0 aliphatic heterocycles. The number of ether oxygens (including phenoxy) is 1. The predicted octanol–water partition coefficient (Wildman–Crippen LogP) is 2.42. The van der Waals surface area contributed by atoms with E-state index in [0.717, 1.165) is 22.6 Å². The fourth-order valence-electron chi connectivity index (χ4n) is 2.39. The van der Waals surface area contributed by atoms with Crippen LogP contribution < -0.4 is 10.1 Å². The lowest BCUT2D eigenvalue weighted by molar-refractivity contribution is 0.0945. The first-order valence-electron chi connectivity index (χ1n) is 7.53. The van der Waals surface area contributed by atoms with Crippen LogP contribution in [-0.4, -0.2) is 27.8 Å². The van der Waals surface area contributed by atoms with Crippen molar-refractivity contribution in [3.63, 3.8) is 0 Å². The molecule has 0 radical (unpaired) electrons. The molecule has 2 heterocycles. The van der Waals surface area contributed by atoms with Crippen LogP contribution in [0.25, 0.3) is 11.3 Å². The molecular formula is C18H18N4O2. The standard InChI is InChI=1S/C18H18N4O2/c1-22-17(14-5-7-15(24-2)8-6-14)10-16(21-22)18(23)20-12-13-4-3-9-19-11-13/h3-11H,12H2,1-2H3,(H,20,23). The maximum absolute atomic E-state index is 12.3. The lowest BCUT2D eigenvalue weighted by Gasteiger charge is -2.03. The molecule has 1 N–H and O–H groups in total. The Hall–Kier alpha value is -3.15. The summed E-state index contributed by atoms with van der Waals surface area (Å²) in [5.74, 6) is 0.574. The van der Waals surface area contributed by atoms with Crippen molar-refractivity contribution >= 4 is 5.91 Å². The number of carbonyl (C=O) groups is 1. The quantitative estimate of drug-likeness (QED) is 0.783. The van der Waals surface area contributed by atoms with Crippen LogP contribution >= 0.6 is 0 Å². The van der Waals surface area contributed by atoms with Gasteiger partial charge in [-0.05, 0) is 42.0 Å². The van der Waals surface area contributed by atoms with Gasteiger partial charge >= 0.3 is 0 Å². The van der Waals surface area contributed by atoms with Crippen LogP contribution in [0.4, 0.5) is 0 Å². The Bertz CT molecular complexity index is 826. The molecule has 3 aromatic rings. The van der Waals surface area contributed by atoms with Crippen molar-refractivity contribution in [3.8, 4) is 17.0 Å². The third kappa shape index (κ3) is 3.43. The van der Waals surface area contributed by atoms with Gasteiger partial charge in [-0.3, -0.25) is 14.5 Å². The molecule has 0 saturated carbocycles. The van der Waals surface area contributed by atoms with E-state index in [1.54, 1.807) is 30.3 Å². The molecule has 0 saturated heterocycles. The van der Waals surface area contributed by atoms with Crippen LogP contribution in [0.5, 0.6) is 5.75 Å². The van der Waals surface area contributed by atoms with Crippen molar-refractivity contribution in [2.24, 2.45) is 7.05 Å². The van der Waals surface area contributed by atoms with E-state index < -0.39 is 0 Å². The summed E-state index contributed by atoms with van der Waals surface area (Å²) in [6.07, 6.45) is 3.42. The molecule has 2 aromatic heterocycles. The van der Waals surface area contributed by atoms with E-state index in [0.29, 0.717) is 12.2 Å². The zero-order valence-electron chi connectivity index (χ0n) is 13.6. The van der Waals surface area contributed by atoms with Gasteiger partial charge in [0.15, 0.2) is 5.69 Å². The summed E-state index contributed by atoms with van der Waals surface area (Å²) in [6.45, 7) is 0.418. The number of aryl methyl sites for hydroxylation is 1. The Balaban J connectivity index is 1.74. The smallest absolute Gasteiger partial charge is 0.272 e. The largest absolute Gasteiger partial charge is 0.497 e. The van der Waals surface area contributed by atoms with Gasteiger partial charge in [0.1, 0.15) is 5.75 Å². The minimum absolute atomic E-state index is 0.214. The molecule has 0 aliphatic carbocycles. The van der Waals surface area contributed by atoms with E-state index >= 15 is 0 Å². The molecule has 1 aromatic carbocycles. The van der Waals surface area contributed by atoms with Crippen LogP contribution in [0.1, 0.15) is 16.1 Å². The molecule has 1 amide bonds. The lowest BCUT2D eigenvalue weighted by Crippen LogP contribution is -2.23. The molecule has 0 spiro atoms. The van der Waals surface area contributed by atoms with Crippen LogP contribution in [0.3, 0.4) is 0 Å². The number of benzene rings is 1. The number of carbonyl (C=O) groups excluding carboxylic acids is 1. The summed E-state index contributed by atoms with van der Waals surface area (Å²) in [7, 11) is 3.45. The minimum atomic E-state index is -0.214. The van der Waals surface area contributed by atoms with Crippen molar-refractivity contribution in [3.05, 3.63) is 66.1 Å². The van der Waals surface area contributed by atoms with Crippen molar-refractivity contribution in [2.45, 2.75) is 6.54 Å². The number of methoxy groups -OCH3 is 1. The fraction of sp³-hybridized carbons (Fsp3) is 0.167. The molecule has 0 atom stereocenters. The summed E-state index contributed by atoms with van der Waals surface area (Å²) in [5.41, 5.74) is 3.16. The van der Waals surface area contributed by atoms with Gasteiger partial charge < -0.3 is 10.1 Å². The van der Waals surface area contributed by atoms with Crippen molar-refractivity contribution in [1.29, 1.82) is 0 Å². The molecule has 0 aliphatic rings. The first-order valence-corrected chi connectivity index (χ1v) is 7.53. The monoisotopic (exact) mass is 322 g/mol. The maximum Gasteiger partial charge on any atom is 0.272 e. The highest BCUT2D eigenvalue weighted by molar-refractivity contribution is 5.93. The number of hydrogen-bond acceptors (Lipinski definition) is 4. The van der Waals surface area contributed by atoms with Gasteiger partial charge in [-0.1, -0.05) is 6.07 Å². The molecule has 0 fully saturated rings. The summed E-state index contributed by atoms with van der Waals surface area (Å²) < 4.78 is 6.86. The number of hydrogen-bond donors (Lipinski definition) is 1. The van der Waals surface area contributed by atoms with Crippen molar-refractivity contribution < 1.29 is 9.53 Å². The first kappa shape index (κ1) is 15.7. The topological polar surface area (TPSA) is 69.0 Å². The number of aromatic nitrogens is 3. The highest BCUT2D eigenvalue weighted by atomic mass is 16.5. The Labute approximate surface area is 140 Å². The Morgan fingerprint density at radius 2 is 2.04 bits per heavy atom. The van der Waals surface area contributed by atoms with Gasteiger partial charge in [-0.25, -0.2) is 0 Å². The molecule has 24 heavy (non-hydrogen) atoms. The number of rotatable bonds is 5. The van der Waals surface area contributed by atoms with Gasteiger partial charge in [0.25, 0.3) is 5.91 Å². The molecule has 0 unspecified atom stereocenters. The number of nitrogens with one attached hydrogen (secondary N) is 1. The second-order valence-corrected chi connectivity index (χ2v) is 5.31. The number of nitrogens with zero attached hydrogens (tertiary/aromatic N) is 3. The van der Waals surface area contributed by atoms with Crippen molar-refractivity contribution in [2.75, 3.05) is 7.11 Å². The van der Waals surface area contributed by atoms with E-state index in [1.165, 1.54) is 0 Å². The Morgan fingerprint density at radius 1 is 1.25 bits per heavy atom. The van der Waals surface area contributed by atoms with E-state index in [2.05, 4.69) is 15.4 Å². The summed E-state index contributed by atoms with van der Waals surface area (Å²) in [4.78, 5) is 16.3. The SMILES string of the molecule is COc1ccc(-c2cc(C(=O)NCc3cccnc3)nn2C)cc1. The zero-order valence-corrected chi connectivity index (χ0v) is 13.6. The molecular weight excluding hydrogens is 304 g/mol. The number of amides is 1. The van der Waals surface area contributed by atoms with Crippen LogP contribution in [0.15, 0.2) is 54.9 Å². The van der Waals surface area contributed by atoms with Gasteiger partial charge in [0.2, 0.25) is 0 Å². The third-order valence-corrected chi connectivity index (χ3v) is 3.67. The van der Waals surface area contributed by atoms with Gasteiger partial charge in [0, 0.05) is 31.5 Å². The van der Waals surface area contributed by atoms with Crippen LogP contribution in [0.2, 0.25) is 0 Å². The normalized spacial score (nSPS) is 10.4. The van der Waals surface area contributed by atoms with Gasteiger partial charge in [-0.2, -0.15) is 5.10 Å². The van der Waals surface area contributed by atoms with E-state index in [-0.39, 0.29) is 5.91 Å². The molecule has 0 bridgehead atoms. The Kier molecular flexibility index (Phi) is 4.56. The third-order valence-electron chi connectivity index (χ3n) is 3.67. The second-order valence-electron chi connectivity index (χ2n) is 5.31. The zero-order chi connectivity index (χ0) is 16.9. The van der Waals surface area contributed by atoms with Crippen LogP contribution in [-0.2, 0) is 13.6 Å². The molecule has 6 heteroatoms. The second kappa shape index (κ2) is 6.95. The average molecular weight is 322 g/mol. The van der Waals surface area contributed by atoms with Gasteiger partial charge in [-0.15, -0.1) is 0 Å². The van der Waals surface area contributed by atoms with Gasteiger partial charge in [0.05, 0.1) is 12.8 Å². The van der Waals surface area contributed by atoms with E-state index in [9.17, 15) is 4.79 Å². The molecule has 6 nitrogen and oxygen atoms in total. The highest BCUT2D eigenvalue weighted by Gasteiger charge is 2.13. The average Bonchev–Trinajstić information content (AvgIpc) is 3.02. The lowest BCUT2D eigenvalue weighted by atomic mass is 10.1. The summed E-state index contributed by atoms with van der Waals surface area (Å²) >= 11 is 0. The number of pyridine rings is 1. The molecule has 3 rings (SSSR count). The summed E-state index contributed by atoms with van der Waals surface area (Å²) in [5, 5.41) is 7.15. The van der Waals surface area contributed by atoms with Crippen LogP contribution in [0, 0.1) is 0 Å².